The summed E-state index contributed by atoms with van der Waals surface area (Å²) in [5.74, 6) is 0.417. The van der Waals surface area contributed by atoms with Gasteiger partial charge in [-0.05, 0) is 65.7 Å². The van der Waals surface area contributed by atoms with Crippen LogP contribution in [-0.4, -0.2) is 22.7 Å². The van der Waals surface area contributed by atoms with E-state index >= 15 is 0 Å². The molecule has 0 aromatic heterocycles. The van der Waals surface area contributed by atoms with Gasteiger partial charge in [-0.2, -0.15) is 0 Å². The molecule has 1 saturated heterocycles. The highest BCUT2D eigenvalue weighted by Crippen LogP contribution is 2.35. The summed E-state index contributed by atoms with van der Waals surface area (Å²) in [6.07, 6.45) is 1.67. The number of amides is 2. The van der Waals surface area contributed by atoms with Crippen LogP contribution in [0.15, 0.2) is 77.7 Å². The van der Waals surface area contributed by atoms with Gasteiger partial charge in [0.15, 0.2) is 11.5 Å². The minimum absolute atomic E-state index is 0.0960. The third-order valence-electron chi connectivity index (χ3n) is 4.93. The second-order valence-corrected chi connectivity index (χ2v) is 8.30. The first-order valence-corrected chi connectivity index (χ1v) is 11.3. The first-order valence-electron chi connectivity index (χ1n) is 10.5. The Bertz CT molecular complexity index is 1180. The molecule has 3 aromatic rings. The normalized spacial score (nSPS) is 14.7. The van der Waals surface area contributed by atoms with Crippen molar-refractivity contribution in [3.8, 4) is 11.5 Å². The number of carbonyl (C=O) groups excluding carboxylic acids is 2. The number of benzene rings is 3. The zero-order valence-electron chi connectivity index (χ0n) is 18.0. The van der Waals surface area contributed by atoms with Gasteiger partial charge in [0.05, 0.1) is 18.1 Å². The van der Waals surface area contributed by atoms with Crippen molar-refractivity contribution in [3.63, 3.8) is 0 Å². The largest absolute Gasteiger partial charge is 0.490 e. The SMILES string of the molecule is CCOc1cc(/C=C2/SC(=O)N(Cc3ccc(F)cc3)C2=O)ccc1OCc1ccccc1. The molecule has 168 valence electrons. The van der Waals surface area contributed by atoms with Crippen molar-refractivity contribution in [2.75, 3.05) is 6.61 Å². The van der Waals surface area contributed by atoms with E-state index in [1.165, 1.54) is 12.1 Å². The fraction of sp³-hybridized carbons (Fsp3) is 0.154. The van der Waals surface area contributed by atoms with Crippen LogP contribution in [-0.2, 0) is 17.9 Å². The van der Waals surface area contributed by atoms with E-state index in [0.29, 0.717) is 35.2 Å². The summed E-state index contributed by atoms with van der Waals surface area (Å²) in [5.41, 5.74) is 2.44. The molecule has 0 aliphatic carbocycles. The van der Waals surface area contributed by atoms with Gasteiger partial charge in [0.25, 0.3) is 11.1 Å². The topological polar surface area (TPSA) is 55.8 Å². The average molecular weight is 464 g/mol. The first-order chi connectivity index (χ1) is 16.0. The van der Waals surface area contributed by atoms with Crippen LogP contribution >= 0.6 is 11.8 Å². The van der Waals surface area contributed by atoms with Crippen molar-refractivity contribution in [1.82, 2.24) is 4.90 Å². The summed E-state index contributed by atoms with van der Waals surface area (Å²) in [7, 11) is 0. The predicted molar refractivity (Wildman–Crippen MR) is 126 cm³/mol. The van der Waals surface area contributed by atoms with Gasteiger partial charge in [0.1, 0.15) is 12.4 Å². The molecule has 0 bridgehead atoms. The van der Waals surface area contributed by atoms with Gasteiger partial charge < -0.3 is 9.47 Å². The quantitative estimate of drug-likeness (QED) is 0.381. The Kier molecular flexibility index (Phi) is 7.10. The van der Waals surface area contributed by atoms with Gasteiger partial charge in [-0.15, -0.1) is 0 Å². The van der Waals surface area contributed by atoms with E-state index in [4.69, 9.17) is 9.47 Å². The monoisotopic (exact) mass is 463 g/mol. The average Bonchev–Trinajstić information content (AvgIpc) is 3.08. The van der Waals surface area contributed by atoms with Crippen LogP contribution in [0.3, 0.4) is 0 Å². The van der Waals surface area contributed by atoms with Gasteiger partial charge in [-0.3, -0.25) is 14.5 Å². The number of hydrogen-bond donors (Lipinski definition) is 0. The molecule has 2 amide bonds. The van der Waals surface area contributed by atoms with Crippen molar-refractivity contribution < 1.29 is 23.5 Å². The molecular formula is C26H22FNO4S. The number of carbonyl (C=O) groups is 2. The zero-order chi connectivity index (χ0) is 23.2. The van der Waals surface area contributed by atoms with Crippen molar-refractivity contribution in [3.05, 3.63) is 100 Å². The summed E-state index contributed by atoms with van der Waals surface area (Å²) in [6, 6.07) is 21.0. The van der Waals surface area contributed by atoms with Crippen molar-refractivity contribution >= 4 is 29.0 Å². The standard InChI is InChI=1S/C26H22FNO4S/c1-2-31-23-14-20(10-13-22(23)32-17-19-6-4-3-5-7-19)15-24-25(29)28(26(30)33-24)16-18-8-11-21(27)12-9-18/h3-15H,2,16-17H2,1H3/b24-15+. The molecule has 3 aromatic carbocycles. The number of hydrogen-bond acceptors (Lipinski definition) is 5. The van der Waals surface area contributed by atoms with E-state index in [1.807, 2.05) is 43.3 Å². The molecule has 0 N–H and O–H groups in total. The number of halogens is 1. The highest BCUT2D eigenvalue weighted by molar-refractivity contribution is 8.18. The summed E-state index contributed by atoms with van der Waals surface area (Å²) in [5, 5.41) is -0.358. The van der Waals surface area contributed by atoms with Crippen LogP contribution in [0.1, 0.15) is 23.6 Å². The first kappa shape index (κ1) is 22.6. The highest BCUT2D eigenvalue weighted by Gasteiger charge is 2.35. The third-order valence-corrected chi connectivity index (χ3v) is 5.84. The maximum absolute atomic E-state index is 13.1. The maximum atomic E-state index is 13.1. The lowest BCUT2D eigenvalue weighted by Gasteiger charge is -2.13. The van der Waals surface area contributed by atoms with E-state index in [2.05, 4.69) is 0 Å². The molecule has 0 unspecified atom stereocenters. The van der Waals surface area contributed by atoms with Gasteiger partial charge >= 0.3 is 0 Å². The van der Waals surface area contributed by atoms with Crippen LogP contribution in [0.25, 0.3) is 6.08 Å². The van der Waals surface area contributed by atoms with E-state index in [-0.39, 0.29) is 23.5 Å². The maximum Gasteiger partial charge on any atom is 0.293 e. The Morgan fingerprint density at radius 2 is 1.67 bits per heavy atom. The predicted octanol–water partition coefficient (Wildman–Crippen LogP) is 6.04. The summed E-state index contributed by atoms with van der Waals surface area (Å²) in [4.78, 5) is 26.7. The Morgan fingerprint density at radius 1 is 0.909 bits per heavy atom. The molecule has 0 spiro atoms. The minimum Gasteiger partial charge on any atom is -0.490 e. The zero-order valence-corrected chi connectivity index (χ0v) is 18.8. The molecular weight excluding hydrogens is 441 g/mol. The van der Waals surface area contributed by atoms with E-state index < -0.39 is 0 Å². The fourth-order valence-electron chi connectivity index (χ4n) is 3.30. The van der Waals surface area contributed by atoms with Crippen molar-refractivity contribution in [2.24, 2.45) is 0 Å². The summed E-state index contributed by atoms with van der Waals surface area (Å²) < 4.78 is 24.8. The Balaban J connectivity index is 1.50. The summed E-state index contributed by atoms with van der Waals surface area (Å²) >= 11 is 0.882. The van der Waals surface area contributed by atoms with Gasteiger partial charge in [-0.25, -0.2) is 4.39 Å². The van der Waals surface area contributed by atoms with E-state index in [0.717, 1.165) is 27.8 Å². The second-order valence-electron chi connectivity index (χ2n) is 7.31. The molecule has 33 heavy (non-hydrogen) atoms. The lowest BCUT2D eigenvalue weighted by Crippen LogP contribution is -2.27. The van der Waals surface area contributed by atoms with Gasteiger partial charge in [0.2, 0.25) is 0 Å². The minimum atomic E-state index is -0.378. The molecule has 0 saturated carbocycles. The van der Waals surface area contributed by atoms with E-state index in [1.54, 1.807) is 30.3 Å². The highest BCUT2D eigenvalue weighted by atomic mass is 32.2. The van der Waals surface area contributed by atoms with Crippen LogP contribution in [0, 0.1) is 5.82 Å². The lowest BCUT2D eigenvalue weighted by atomic mass is 10.1. The Morgan fingerprint density at radius 3 is 2.39 bits per heavy atom. The Hall–Kier alpha value is -3.58. The fourth-order valence-corrected chi connectivity index (χ4v) is 4.14. The number of rotatable bonds is 8. The summed E-state index contributed by atoms with van der Waals surface area (Å²) in [6.45, 7) is 2.84. The van der Waals surface area contributed by atoms with E-state index in [9.17, 15) is 14.0 Å². The van der Waals surface area contributed by atoms with Crippen LogP contribution < -0.4 is 9.47 Å². The molecule has 7 heteroatoms. The van der Waals surface area contributed by atoms with Crippen molar-refractivity contribution in [2.45, 2.75) is 20.1 Å². The second kappa shape index (κ2) is 10.4. The Labute approximate surface area is 195 Å². The molecule has 0 atom stereocenters. The molecule has 1 aliphatic rings. The molecule has 4 rings (SSSR count). The number of thioether (sulfide) groups is 1. The number of ether oxygens (including phenoxy) is 2. The molecule has 5 nitrogen and oxygen atoms in total. The molecule has 0 radical (unpaired) electrons. The van der Waals surface area contributed by atoms with Gasteiger partial charge in [0, 0.05) is 0 Å². The smallest absolute Gasteiger partial charge is 0.293 e. The van der Waals surface area contributed by atoms with Crippen LogP contribution in [0.2, 0.25) is 0 Å². The van der Waals surface area contributed by atoms with Crippen LogP contribution in [0.5, 0.6) is 11.5 Å². The van der Waals surface area contributed by atoms with Gasteiger partial charge in [-0.1, -0.05) is 48.5 Å². The number of imide groups is 1. The van der Waals surface area contributed by atoms with Crippen molar-refractivity contribution in [1.29, 1.82) is 0 Å². The molecule has 1 aliphatic heterocycles. The van der Waals surface area contributed by atoms with Crippen LogP contribution in [0.4, 0.5) is 9.18 Å². The third kappa shape index (κ3) is 5.62. The number of nitrogens with zero attached hydrogens (tertiary/aromatic N) is 1. The molecule has 1 fully saturated rings. The lowest BCUT2D eigenvalue weighted by molar-refractivity contribution is -0.123. The molecule has 1 heterocycles.